The summed E-state index contributed by atoms with van der Waals surface area (Å²) in [7, 11) is 1.56. The number of alkyl halides is 2. The zero-order valence-corrected chi connectivity index (χ0v) is 12.8. The summed E-state index contributed by atoms with van der Waals surface area (Å²) in [6, 6.07) is 5.38. The van der Waals surface area contributed by atoms with Crippen molar-refractivity contribution in [2.24, 2.45) is 0 Å². The first-order valence-corrected chi connectivity index (χ1v) is 7.18. The predicted molar refractivity (Wildman–Crippen MR) is 75.2 cm³/mol. The maximum atomic E-state index is 13.1. The molecule has 0 aliphatic carbocycles. The van der Waals surface area contributed by atoms with Crippen LogP contribution in [-0.4, -0.2) is 36.9 Å². The third-order valence-electron chi connectivity index (χ3n) is 3.44. The van der Waals surface area contributed by atoms with Gasteiger partial charge >= 0.3 is 0 Å². The molecule has 1 aromatic carbocycles. The van der Waals surface area contributed by atoms with Gasteiger partial charge in [-0.25, -0.2) is 8.78 Å². The van der Waals surface area contributed by atoms with Crippen molar-refractivity contribution in [3.05, 3.63) is 28.2 Å². The van der Waals surface area contributed by atoms with Gasteiger partial charge in [0.1, 0.15) is 5.75 Å². The van der Waals surface area contributed by atoms with Crippen LogP contribution >= 0.6 is 15.9 Å². The molecule has 2 rings (SSSR count). The molecule has 1 aliphatic rings. The number of nitrogens with zero attached hydrogens (tertiary/aromatic N) is 1. The third kappa shape index (κ3) is 3.69. The molecular weight excluding hydrogens is 332 g/mol. The van der Waals surface area contributed by atoms with E-state index in [1.165, 1.54) is 4.90 Å². The van der Waals surface area contributed by atoms with Crippen molar-refractivity contribution in [1.29, 1.82) is 0 Å². The van der Waals surface area contributed by atoms with Gasteiger partial charge in [-0.1, -0.05) is 15.9 Å². The van der Waals surface area contributed by atoms with Crippen LogP contribution in [0.4, 0.5) is 8.78 Å². The summed E-state index contributed by atoms with van der Waals surface area (Å²) < 4.78 is 32.1. The van der Waals surface area contributed by atoms with Crippen LogP contribution in [0.3, 0.4) is 0 Å². The van der Waals surface area contributed by atoms with E-state index in [4.69, 9.17) is 4.74 Å². The number of carbonyl (C=O) groups is 1. The van der Waals surface area contributed by atoms with E-state index in [1.807, 2.05) is 6.07 Å². The molecule has 0 bridgehead atoms. The van der Waals surface area contributed by atoms with E-state index in [0.29, 0.717) is 5.75 Å². The number of hydrogen-bond acceptors (Lipinski definition) is 2. The Morgan fingerprint density at radius 1 is 1.40 bits per heavy atom. The molecule has 0 saturated carbocycles. The van der Waals surface area contributed by atoms with Crippen molar-refractivity contribution < 1.29 is 18.3 Å². The Bertz CT molecular complexity index is 498. The Kier molecular flexibility index (Phi) is 4.62. The highest BCUT2D eigenvalue weighted by molar-refractivity contribution is 9.10. The molecule has 0 N–H and O–H groups in total. The van der Waals surface area contributed by atoms with Crippen LogP contribution in [0.1, 0.15) is 18.4 Å². The first-order valence-electron chi connectivity index (χ1n) is 6.39. The van der Waals surface area contributed by atoms with Crippen LogP contribution < -0.4 is 4.74 Å². The Hall–Kier alpha value is -1.17. The standard InChI is InChI=1S/C14H16BrF2NO2/c1-20-11-2-3-12(15)10(8-11)9-13(19)18-6-4-14(16,17)5-7-18/h2-3,8H,4-7,9H2,1H3. The number of benzene rings is 1. The molecule has 0 atom stereocenters. The van der Waals surface area contributed by atoms with Crippen molar-refractivity contribution in [3.8, 4) is 5.75 Å². The van der Waals surface area contributed by atoms with Gasteiger partial charge in [-0.2, -0.15) is 0 Å². The minimum atomic E-state index is -2.63. The van der Waals surface area contributed by atoms with Gasteiger partial charge in [0.25, 0.3) is 5.92 Å². The molecule has 110 valence electrons. The monoisotopic (exact) mass is 347 g/mol. The maximum Gasteiger partial charge on any atom is 0.251 e. The van der Waals surface area contributed by atoms with Crippen molar-refractivity contribution in [3.63, 3.8) is 0 Å². The molecule has 0 spiro atoms. The normalized spacial score (nSPS) is 17.9. The maximum absolute atomic E-state index is 13.1. The highest BCUT2D eigenvalue weighted by Gasteiger charge is 2.35. The van der Waals surface area contributed by atoms with Crippen molar-refractivity contribution >= 4 is 21.8 Å². The van der Waals surface area contributed by atoms with Gasteiger partial charge in [-0.05, 0) is 23.8 Å². The number of ether oxygens (including phenoxy) is 1. The molecule has 1 aromatic rings. The number of carbonyl (C=O) groups excluding carboxylic acids is 1. The summed E-state index contributed by atoms with van der Waals surface area (Å²) in [4.78, 5) is 13.7. The second kappa shape index (κ2) is 6.08. The Morgan fingerprint density at radius 3 is 2.65 bits per heavy atom. The number of rotatable bonds is 3. The Balaban J connectivity index is 2.01. The Labute approximate surface area is 125 Å². The number of likely N-dealkylation sites (tertiary alicyclic amines) is 1. The smallest absolute Gasteiger partial charge is 0.251 e. The highest BCUT2D eigenvalue weighted by atomic mass is 79.9. The topological polar surface area (TPSA) is 29.5 Å². The van der Waals surface area contributed by atoms with Gasteiger partial charge in [0.15, 0.2) is 0 Å². The predicted octanol–water partition coefficient (Wildman–Crippen LogP) is 3.26. The van der Waals surface area contributed by atoms with Crippen molar-refractivity contribution in [2.75, 3.05) is 20.2 Å². The summed E-state index contributed by atoms with van der Waals surface area (Å²) in [5.41, 5.74) is 0.798. The first kappa shape index (κ1) is 15.2. The lowest BCUT2D eigenvalue weighted by Gasteiger charge is -2.31. The zero-order valence-electron chi connectivity index (χ0n) is 11.2. The molecule has 1 heterocycles. The molecule has 6 heteroatoms. The van der Waals surface area contributed by atoms with Crippen LogP contribution in [0.15, 0.2) is 22.7 Å². The SMILES string of the molecule is COc1ccc(Br)c(CC(=O)N2CCC(F)(F)CC2)c1. The van der Waals surface area contributed by atoms with E-state index in [-0.39, 0.29) is 38.3 Å². The average Bonchev–Trinajstić information content (AvgIpc) is 2.41. The van der Waals surface area contributed by atoms with Crippen LogP contribution in [-0.2, 0) is 11.2 Å². The van der Waals surface area contributed by atoms with E-state index in [2.05, 4.69) is 15.9 Å². The van der Waals surface area contributed by atoms with Crippen LogP contribution in [0.2, 0.25) is 0 Å². The number of halogens is 3. The summed E-state index contributed by atoms with van der Waals surface area (Å²) in [5.74, 6) is -2.09. The van der Waals surface area contributed by atoms with E-state index in [0.717, 1.165) is 10.0 Å². The fourth-order valence-corrected chi connectivity index (χ4v) is 2.56. The Morgan fingerprint density at radius 2 is 2.05 bits per heavy atom. The molecule has 1 saturated heterocycles. The molecule has 20 heavy (non-hydrogen) atoms. The van der Waals surface area contributed by atoms with E-state index in [9.17, 15) is 13.6 Å². The third-order valence-corrected chi connectivity index (χ3v) is 4.22. The minimum Gasteiger partial charge on any atom is -0.497 e. The quantitative estimate of drug-likeness (QED) is 0.839. The van der Waals surface area contributed by atoms with Gasteiger partial charge in [-0.15, -0.1) is 0 Å². The van der Waals surface area contributed by atoms with Crippen molar-refractivity contribution in [1.82, 2.24) is 4.90 Å². The molecule has 0 aromatic heterocycles. The van der Waals surface area contributed by atoms with Gasteiger partial charge in [-0.3, -0.25) is 4.79 Å². The summed E-state index contributed by atoms with van der Waals surface area (Å²) >= 11 is 3.38. The van der Waals surface area contributed by atoms with Crippen molar-refractivity contribution in [2.45, 2.75) is 25.2 Å². The van der Waals surface area contributed by atoms with E-state index < -0.39 is 5.92 Å². The van der Waals surface area contributed by atoms with Gasteiger partial charge < -0.3 is 9.64 Å². The number of methoxy groups -OCH3 is 1. The molecule has 1 amide bonds. The zero-order chi connectivity index (χ0) is 14.8. The minimum absolute atomic E-state index is 0.118. The van der Waals surface area contributed by atoms with Crippen LogP contribution in [0.25, 0.3) is 0 Å². The van der Waals surface area contributed by atoms with Gasteiger partial charge in [0.05, 0.1) is 13.5 Å². The second-order valence-corrected chi connectivity index (χ2v) is 5.73. The first-order chi connectivity index (χ1) is 9.41. The van der Waals surface area contributed by atoms with E-state index in [1.54, 1.807) is 19.2 Å². The molecule has 0 radical (unpaired) electrons. The molecule has 1 fully saturated rings. The second-order valence-electron chi connectivity index (χ2n) is 4.87. The molecule has 0 unspecified atom stereocenters. The average molecular weight is 348 g/mol. The molecule has 1 aliphatic heterocycles. The highest BCUT2D eigenvalue weighted by Crippen LogP contribution is 2.29. The largest absolute Gasteiger partial charge is 0.497 e. The summed E-state index contributed by atoms with van der Waals surface area (Å²) in [6.07, 6.45) is -0.320. The molecule has 3 nitrogen and oxygen atoms in total. The fraction of sp³-hybridized carbons (Fsp3) is 0.500. The lowest BCUT2D eigenvalue weighted by molar-refractivity contribution is -0.136. The van der Waals surface area contributed by atoms with Gasteiger partial charge in [0.2, 0.25) is 5.91 Å². The summed E-state index contributed by atoms with van der Waals surface area (Å²) in [5, 5.41) is 0. The van der Waals surface area contributed by atoms with E-state index >= 15 is 0 Å². The summed E-state index contributed by atoms with van der Waals surface area (Å²) in [6.45, 7) is 0.237. The number of hydrogen-bond donors (Lipinski definition) is 0. The lowest BCUT2D eigenvalue weighted by Crippen LogP contribution is -2.43. The number of piperidine rings is 1. The van der Waals surface area contributed by atoms with Crippen LogP contribution in [0, 0.1) is 0 Å². The van der Waals surface area contributed by atoms with Crippen LogP contribution in [0.5, 0.6) is 5.75 Å². The number of amides is 1. The lowest BCUT2D eigenvalue weighted by atomic mass is 10.1. The van der Waals surface area contributed by atoms with Gasteiger partial charge in [0, 0.05) is 30.4 Å². The molecular formula is C14H16BrF2NO2. The fourth-order valence-electron chi connectivity index (χ4n) is 2.17.